The van der Waals surface area contributed by atoms with Crippen LogP contribution in [0.15, 0.2) is 46.8 Å². The van der Waals surface area contributed by atoms with Crippen LogP contribution in [0, 0.1) is 0 Å². The van der Waals surface area contributed by atoms with E-state index in [4.69, 9.17) is 9.57 Å². The second-order valence-electron chi connectivity index (χ2n) is 6.39. The lowest BCUT2D eigenvalue weighted by Gasteiger charge is -2.49. The van der Waals surface area contributed by atoms with Crippen LogP contribution in [0.25, 0.3) is 0 Å². The quantitative estimate of drug-likeness (QED) is 0.272. The number of fused-ring (bicyclic) bond motifs is 1. The number of amides is 2. The Morgan fingerprint density at radius 3 is 2.60 bits per heavy atom. The van der Waals surface area contributed by atoms with E-state index in [1.807, 2.05) is 0 Å². The van der Waals surface area contributed by atoms with Gasteiger partial charge in [0.25, 0.3) is 11.8 Å². The number of rotatable bonds is 7. The van der Waals surface area contributed by atoms with Crippen LogP contribution in [-0.4, -0.2) is 70.4 Å². The van der Waals surface area contributed by atoms with Crippen LogP contribution < -0.4 is 5.32 Å². The van der Waals surface area contributed by atoms with Crippen LogP contribution in [0.1, 0.15) is 12.5 Å². The van der Waals surface area contributed by atoms with Crippen molar-refractivity contribution in [3.8, 4) is 0 Å². The number of β-lactam (4-membered cyclic amide) rings is 1. The Kier molecular flexibility index (Phi) is 6.40. The number of nitrogens with zero attached hydrogens (tertiary/aromatic N) is 2. The summed E-state index contributed by atoms with van der Waals surface area (Å²) in [6, 6.07) is 7.68. The zero-order valence-corrected chi connectivity index (χ0v) is 17.0. The highest BCUT2D eigenvalue weighted by Gasteiger charge is 2.54. The van der Waals surface area contributed by atoms with Crippen molar-refractivity contribution in [1.29, 1.82) is 0 Å². The normalized spacial score (nSPS) is 20.8. The molecule has 0 aromatic heterocycles. The van der Waals surface area contributed by atoms with Crippen LogP contribution in [0.5, 0.6) is 0 Å². The Balaban J connectivity index is 1.77. The van der Waals surface area contributed by atoms with Gasteiger partial charge in [0.2, 0.25) is 0 Å². The number of hydrogen-bond donors (Lipinski definition) is 2. The maximum absolute atomic E-state index is 12.7. The summed E-state index contributed by atoms with van der Waals surface area (Å²) >= 11 is 1.28. The summed E-state index contributed by atoms with van der Waals surface area (Å²) in [5.74, 6) is -2.79. The van der Waals surface area contributed by atoms with Gasteiger partial charge in [-0.1, -0.05) is 35.5 Å². The van der Waals surface area contributed by atoms with Crippen LogP contribution >= 0.6 is 11.8 Å². The molecule has 1 saturated heterocycles. The molecule has 1 aromatic carbocycles. The minimum Gasteiger partial charge on any atom is -0.477 e. The minimum atomic E-state index is -1.30. The molecule has 11 heteroatoms. The zero-order chi connectivity index (χ0) is 21.8. The van der Waals surface area contributed by atoms with Gasteiger partial charge < -0.3 is 20.0 Å². The van der Waals surface area contributed by atoms with Gasteiger partial charge >= 0.3 is 11.9 Å². The van der Waals surface area contributed by atoms with E-state index in [1.165, 1.54) is 25.8 Å². The number of aliphatic carboxylic acids is 1. The van der Waals surface area contributed by atoms with Gasteiger partial charge in [0, 0.05) is 23.8 Å². The van der Waals surface area contributed by atoms with Crippen molar-refractivity contribution < 1.29 is 33.9 Å². The van der Waals surface area contributed by atoms with E-state index in [9.17, 15) is 24.3 Å². The Morgan fingerprint density at radius 1 is 1.30 bits per heavy atom. The van der Waals surface area contributed by atoms with Gasteiger partial charge in [-0.15, -0.1) is 11.8 Å². The lowest BCUT2D eigenvalue weighted by molar-refractivity contribution is -0.150. The highest BCUT2D eigenvalue weighted by molar-refractivity contribution is 8.00. The molecule has 0 spiro atoms. The minimum absolute atomic E-state index is 0.00490. The first-order valence-corrected chi connectivity index (χ1v) is 9.90. The molecule has 2 aliphatic heterocycles. The van der Waals surface area contributed by atoms with Crippen LogP contribution in [0.2, 0.25) is 0 Å². The highest BCUT2D eigenvalue weighted by atomic mass is 32.2. The predicted molar refractivity (Wildman–Crippen MR) is 106 cm³/mol. The molecule has 2 N–H and O–H groups in total. The fraction of sp³-hybridized carbons (Fsp3) is 0.316. The third kappa shape index (κ3) is 4.15. The predicted octanol–water partition coefficient (Wildman–Crippen LogP) is 0.339. The van der Waals surface area contributed by atoms with Gasteiger partial charge in [-0.2, -0.15) is 0 Å². The molecule has 3 rings (SSSR count). The summed E-state index contributed by atoms with van der Waals surface area (Å²) in [5.41, 5.74) is 0.605. The molecule has 30 heavy (non-hydrogen) atoms. The maximum atomic E-state index is 12.7. The Morgan fingerprint density at radius 2 is 2.00 bits per heavy atom. The topological polar surface area (TPSA) is 135 Å². The molecule has 1 aromatic rings. The van der Waals surface area contributed by atoms with E-state index in [2.05, 4.69) is 10.5 Å². The summed E-state index contributed by atoms with van der Waals surface area (Å²) < 4.78 is 4.89. The van der Waals surface area contributed by atoms with Crippen molar-refractivity contribution in [3.05, 3.63) is 47.2 Å². The third-order valence-electron chi connectivity index (χ3n) is 4.43. The average Bonchev–Trinajstić information content (AvgIpc) is 2.73. The zero-order valence-electron chi connectivity index (χ0n) is 16.2. The monoisotopic (exact) mass is 433 g/mol. The van der Waals surface area contributed by atoms with Crippen molar-refractivity contribution in [3.63, 3.8) is 0 Å². The first-order chi connectivity index (χ1) is 14.3. The molecule has 0 radical (unpaired) electrons. The number of thioether (sulfide) groups is 1. The molecule has 2 heterocycles. The second-order valence-corrected chi connectivity index (χ2v) is 7.49. The van der Waals surface area contributed by atoms with Crippen LogP contribution in [-0.2, 0) is 28.8 Å². The number of esters is 1. The number of oxime groups is 1. The highest BCUT2D eigenvalue weighted by Crippen LogP contribution is 2.40. The van der Waals surface area contributed by atoms with Gasteiger partial charge in [-0.3, -0.25) is 19.3 Å². The molecule has 10 nitrogen and oxygen atoms in total. The Labute approximate surface area is 175 Å². The summed E-state index contributed by atoms with van der Waals surface area (Å²) in [4.78, 5) is 54.0. The fourth-order valence-electron chi connectivity index (χ4n) is 3.11. The third-order valence-corrected chi connectivity index (χ3v) is 5.77. The van der Waals surface area contributed by atoms with Gasteiger partial charge in [0.1, 0.15) is 30.8 Å². The molecule has 0 saturated carbocycles. The molecular formula is C19H19N3O7S. The van der Waals surface area contributed by atoms with Crippen molar-refractivity contribution in [2.24, 2.45) is 5.16 Å². The number of carboxylic acid groups (broad SMARTS) is 1. The maximum Gasteiger partial charge on any atom is 0.352 e. The number of nitrogens with one attached hydrogen (secondary N) is 1. The van der Waals surface area contributed by atoms with Crippen molar-refractivity contribution in [2.45, 2.75) is 18.3 Å². The molecule has 1 unspecified atom stereocenters. The number of carboxylic acids is 1. The van der Waals surface area contributed by atoms with E-state index < -0.39 is 35.2 Å². The summed E-state index contributed by atoms with van der Waals surface area (Å²) in [5, 5.41) is 15.3. The second kappa shape index (κ2) is 8.99. The summed E-state index contributed by atoms with van der Waals surface area (Å²) in [6.45, 7) is 1.00. The van der Waals surface area contributed by atoms with Crippen LogP contribution in [0.3, 0.4) is 0 Å². The van der Waals surface area contributed by atoms with E-state index in [0.29, 0.717) is 11.1 Å². The molecule has 2 amide bonds. The molecule has 1 fully saturated rings. The molecule has 0 aliphatic carbocycles. The molecule has 158 valence electrons. The van der Waals surface area contributed by atoms with Gasteiger partial charge in [0.05, 0.1) is 0 Å². The fourth-order valence-corrected chi connectivity index (χ4v) is 4.43. The van der Waals surface area contributed by atoms with Gasteiger partial charge in [0.15, 0.2) is 5.71 Å². The number of carbonyl (C=O) groups is 4. The molecule has 0 bridgehead atoms. The summed E-state index contributed by atoms with van der Waals surface area (Å²) in [7, 11) is 1.30. The average molecular weight is 433 g/mol. The SMILES string of the molecule is CON=C(C(=O)NC1C(=O)N2C(C(=O)O)=C(COC(C)=O)CS[C@@H]12)c1ccccc1. The van der Waals surface area contributed by atoms with Crippen LogP contribution in [0.4, 0.5) is 0 Å². The smallest absolute Gasteiger partial charge is 0.352 e. The lowest BCUT2D eigenvalue weighted by Crippen LogP contribution is -2.71. The van der Waals surface area contributed by atoms with E-state index >= 15 is 0 Å². The van der Waals surface area contributed by atoms with E-state index in [0.717, 1.165) is 4.90 Å². The van der Waals surface area contributed by atoms with Gasteiger partial charge in [-0.05, 0) is 0 Å². The van der Waals surface area contributed by atoms with Crippen molar-refractivity contribution in [2.75, 3.05) is 19.5 Å². The molecular weight excluding hydrogens is 414 g/mol. The van der Waals surface area contributed by atoms with E-state index in [-0.39, 0.29) is 23.8 Å². The van der Waals surface area contributed by atoms with Crippen molar-refractivity contribution >= 4 is 41.2 Å². The Hall–Kier alpha value is -3.34. The summed E-state index contributed by atoms with van der Waals surface area (Å²) in [6.07, 6.45) is 0. The van der Waals surface area contributed by atoms with Gasteiger partial charge in [-0.25, -0.2) is 4.79 Å². The Bertz CT molecular complexity index is 945. The number of hydrogen-bond acceptors (Lipinski definition) is 8. The first kappa shape index (κ1) is 21.4. The number of benzene rings is 1. The standard InChI is InChI=1S/C19H19N3O7S/c1-10(23)29-8-12-9-30-18-14(17(25)22(18)15(12)19(26)27)20-16(24)13(21-28-2)11-6-4-3-5-7-11/h3-7,14,18H,8-9H2,1-2H3,(H,20,24)(H,26,27)/t14?,18-/m0/s1. The molecule has 2 aliphatic rings. The first-order valence-electron chi connectivity index (χ1n) is 8.86. The molecule has 2 atom stereocenters. The number of ether oxygens (including phenoxy) is 1. The lowest BCUT2D eigenvalue weighted by atomic mass is 10.0. The van der Waals surface area contributed by atoms with E-state index in [1.54, 1.807) is 30.3 Å². The van der Waals surface area contributed by atoms with Crippen molar-refractivity contribution in [1.82, 2.24) is 10.2 Å². The number of carbonyl (C=O) groups excluding carboxylic acids is 3. The largest absolute Gasteiger partial charge is 0.477 e.